The van der Waals surface area contributed by atoms with Crippen LogP contribution in [0, 0.1) is 12.7 Å². The Morgan fingerprint density at radius 2 is 2.20 bits per heavy atom. The van der Waals surface area contributed by atoms with Gasteiger partial charge in [-0.3, -0.25) is 0 Å². The molecule has 15 heavy (non-hydrogen) atoms. The highest BCUT2D eigenvalue weighted by Gasteiger charge is 2.08. The molecule has 0 aliphatic heterocycles. The zero-order valence-corrected chi connectivity index (χ0v) is 8.41. The predicted octanol–water partition coefficient (Wildman–Crippen LogP) is 2.23. The Morgan fingerprint density at radius 1 is 1.40 bits per heavy atom. The topological polar surface area (TPSA) is 51.0 Å². The van der Waals surface area contributed by atoms with Gasteiger partial charge in [0.2, 0.25) is 5.82 Å². The van der Waals surface area contributed by atoms with Crippen molar-refractivity contribution in [2.45, 2.75) is 6.92 Å². The maximum Gasteiger partial charge on any atom is 0.321 e. The van der Waals surface area contributed by atoms with E-state index in [4.69, 9.17) is 4.52 Å². The van der Waals surface area contributed by atoms with Crippen molar-refractivity contribution in [1.29, 1.82) is 0 Å². The monoisotopic (exact) mass is 207 g/mol. The molecule has 0 bridgehead atoms. The lowest BCUT2D eigenvalue weighted by molar-refractivity contribution is 0.434. The predicted molar refractivity (Wildman–Crippen MR) is 54.0 cm³/mol. The summed E-state index contributed by atoms with van der Waals surface area (Å²) in [4.78, 5) is 4.06. The molecular weight excluding hydrogens is 197 g/mol. The molecule has 0 atom stereocenters. The van der Waals surface area contributed by atoms with Crippen molar-refractivity contribution in [3.63, 3.8) is 0 Å². The minimum Gasteiger partial charge on any atom is -0.341 e. The van der Waals surface area contributed by atoms with Crippen LogP contribution in [0.3, 0.4) is 0 Å². The Bertz CT molecular complexity index is 481. The van der Waals surface area contributed by atoms with E-state index in [0.717, 1.165) is 5.56 Å². The van der Waals surface area contributed by atoms with E-state index in [1.807, 2.05) is 0 Å². The zero-order chi connectivity index (χ0) is 10.8. The molecule has 1 N–H and O–H groups in total. The van der Waals surface area contributed by atoms with E-state index in [-0.39, 0.29) is 5.82 Å². The Morgan fingerprint density at radius 3 is 2.80 bits per heavy atom. The van der Waals surface area contributed by atoms with Gasteiger partial charge in [0.1, 0.15) is 5.82 Å². The summed E-state index contributed by atoms with van der Waals surface area (Å²) in [6.45, 7) is 1.69. The molecule has 2 aromatic rings. The van der Waals surface area contributed by atoms with Crippen LogP contribution in [0.1, 0.15) is 5.56 Å². The standard InChI is InChI=1S/C10H10FN3O/c1-6-5-7(3-4-8(6)11)9-13-10(12-2)15-14-9/h3-5H,1-2H3,(H,12,13,14). The van der Waals surface area contributed by atoms with Crippen molar-refractivity contribution in [1.82, 2.24) is 10.1 Å². The normalized spacial score (nSPS) is 10.3. The van der Waals surface area contributed by atoms with Gasteiger partial charge in [-0.2, -0.15) is 4.98 Å². The van der Waals surface area contributed by atoms with Crippen molar-refractivity contribution < 1.29 is 8.91 Å². The molecular formula is C10H10FN3O. The first-order valence-electron chi connectivity index (χ1n) is 4.48. The van der Waals surface area contributed by atoms with E-state index in [2.05, 4.69) is 15.5 Å². The van der Waals surface area contributed by atoms with Crippen molar-refractivity contribution >= 4 is 6.01 Å². The average molecular weight is 207 g/mol. The van der Waals surface area contributed by atoms with Crippen LogP contribution in [0.4, 0.5) is 10.4 Å². The largest absolute Gasteiger partial charge is 0.341 e. The molecule has 2 rings (SSSR count). The number of rotatable bonds is 2. The van der Waals surface area contributed by atoms with Crippen LogP contribution in [0.25, 0.3) is 11.4 Å². The molecule has 4 nitrogen and oxygen atoms in total. The molecule has 0 saturated carbocycles. The van der Waals surface area contributed by atoms with Crippen LogP contribution >= 0.6 is 0 Å². The number of halogens is 1. The number of aryl methyl sites for hydroxylation is 1. The summed E-state index contributed by atoms with van der Waals surface area (Å²) < 4.78 is 17.9. The molecule has 0 radical (unpaired) electrons. The van der Waals surface area contributed by atoms with Gasteiger partial charge in [-0.25, -0.2) is 4.39 Å². The highest BCUT2D eigenvalue weighted by molar-refractivity contribution is 5.56. The minimum atomic E-state index is -0.240. The molecule has 0 fully saturated rings. The van der Waals surface area contributed by atoms with Gasteiger partial charge < -0.3 is 9.84 Å². The van der Waals surface area contributed by atoms with Crippen LogP contribution in [0.5, 0.6) is 0 Å². The molecule has 1 heterocycles. The lowest BCUT2D eigenvalue weighted by Crippen LogP contribution is -1.88. The minimum absolute atomic E-state index is 0.240. The number of hydrogen-bond acceptors (Lipinski definition) is 4. The fourth-order valence-electron chi connectivity index (χ4n) is 1.23. The van der Waals surface area contributed by atoms with Crippen molar-refractivity contribution in [3.05, 3.63) is 29.6 Å². The smallest absolute Gasteiger partial charge is 0.321 e. The summed E-state index contributed by atoms with van der Waals surface area (Å²) in [6, 6.07) is 5.03. The van der Waals surface area contributed by atoms with Crippen LogP contribution in [0.2, 0.25) is 0 Å². The second-order valence-corrected chi connectivity index (χ2v) is 3.14. The quantitative estimate of drug-likeness (QED) is 0.820. The zero-order valence-electron chi connectivity index (χ0n) is 8.41. The number of hydrogen-bond donors (Lipinski definition) is 1. The van der Waals surface area contributed by atoms with Crippen LogP contribution in [0.15, 0.2) is 22.7 Å². The van der Waals surface area contributed by atoms with Gasteiger partial charge in [-0.1, -0.05) is 5.16 Å². The Hall–Kier alpha value is -1.91. The third-order valence-corrected chi connectivity index (χ3v) is 2.06. The van der Waals surface area contributed by atoms with E-state index in [1.54, 1.807) is 26.1 Å². The Kier molecular flexibility index (Phi) is 2.37. The van der Waals surface area contributed by atoms with Crippen molar-refractivity contribution in [3.8, 4) is 11.4 Å². The molecule has 1 aromatic heterocycles. The second-order valence-electron chi connectivity index (χ2n) is 3.14. The summed E-state index contributed by atoms with van der Waals surface area (Å²) in [5.74, 6) is 0.207. The number of anilines is 1. The maximum atomic E-state index is 13.0. The molecule has 0 saturated heterocycles. The molecule has 78 valence electrons. The highest BCUT2D eigenvalue weighted by Crippen LogP contribution is 2.19. The second kappa shape index (κ2) is 3.68. The van der Waals surface area contributed by atoms with E-state index in [1.165, 1.54) is 6.07 Å². The maximum absolute atomic E-state index is 13.0. The van der Waals surface area contributed by atoms with E-state index in [9.17, 15) is 4.39 Å². The Balaban J connectivity index is 2.40. The van der Waals surface area contributed by atoms with E-state index in [0.29, 0.717) is 17.4 Å². The first-order chi connectivity index (χ1) is 7.20. The van der Waals surface area contributed by atoms with Gasteiger partial charge in [0.25, 0.3) is 0 Å². The van der Waals surface area contributed by atoms with E-state index >= 15 is 0 Å². The molecule has 0 amide bonds. The summed E-state index contributed by atoms with van der Waals surface area (Å²) >= 11 is 0. The van der Waals surface area contributed by atoms with Gasteiger partial charge in [-0.05, 0) is 30.7 Å². The summed E-state index contributed by atoms with van der Waals surface area (Å²) in [5, 5.41) is 6.49. The van der Waals surface area contributed by atoms with Gasteiger partial charge in [0.05, 0.1) is 0 Å². The van der Waals surface area contributed by atoms with Gasteiger partial charge >= 0.3 is 6.01 Å². The number of nitrogens with one attached hydrogen (secondary N) is 1. The van der Waals surface area contributed by atoms with Crippen molar-refractivity contribution in [2.75, 3.05) is 12.4 Å². The molecule has 1 aromatic carbocycles. The first-order valence-corrected chi connectivity index (χ1v) is 4.48. The lowest BCUT2D eigenvalue weighted by atomic mass is 10.1. The van der Waals surface area contributed by atoms with Crippen LogP contribution in [-0.2, 0) is 0 Å². The number of nitrogens with zero attached hydrogens (tertiary/aromatic N) is 2. The Labute approximate surface area is 86.1 Å². The molecule has 5 heteroatoms. The first kappa shape index (κ1) is 9.64. The molecule has 0 unspecified atom stereocenters. The SMILES string of the molecule is CNc1nc(-c2ccc(F)c(C)c2)no1. The van der Waals surface area contributed by atoms with Gasteiger partial charge in [0, 0.05) is 12.6 Å². The summed E-state index contributed by atoms with van der Waals surface area (Å²) in [7, 11) is 1.69. The van der Waals surface area contributed by atoms with E-state index < -0.39 is 0 Å². The fourth-order valence-corrected chi connectivity index (χ4v) is 1.23. The van der Waals surface area contributed by atoms with Crippen LogP contribution < -0.4 is 5.32 Å². The summed E-state index contributed by atoms with van der Waals surface area (Å²) in [6.07, 6.45) is 0. The van der Waals surface area contributed by atoms with Crippen LogP contribution in [-0.4, -0.2) is 17.2 Å². The van der Waals surface area contributed by atoms with Crippen molar-refractivity contribution in [2.24, 2.45) is 0 Å². The third-order valence-electron chi connectivity index (χ3n) is 2.06. The number of benzene rings is 1. The lowest BCUT2D eigenvalue weighted by Gasteiger charge is -1.97. The van der Waals surface area contributed by atoms with Gasteiger partial charge in [-0.15, -0.1) is 0 Å². The molecule has 0 spiro atoms. The fraction of sp³-hybridized carbons (Fsp3) is 0.200. The average Bonchev–Trinajstić information content (AvgIpc) is 2.70. The molecule has 0 aliphatic rings. The third kappa shape index (κ3) is 1.81. The molecule has 0 aliphatic carbocycles. The summed E-state index contributed by atoms with van der Waals surface area (Å²) in [5.41, 5.74) is 1.29. The van der Waals surface area contributed by atoms with Gasteiger partial charge in [0.15, 0.2) is 0 Å². The highest BCUT2D eigenvalue weighted by atomic mass is 19.1. The number of aromatic nitrogens is 2.